The van der Waals surface area contributed by atoms with Crippen LogP contribution in [0.1, 0.15) is 59.3 Å². The normalized spacial score (nSPS) is 20.0. The minimum atomic E-state index is -0.448. The Morgan fingerprint density at radius 2 is 1.83 bits per heavy atom. The van der Waals surface area contributed by atoms with Gasteiger partial charge in [0.15, 0.2) is 0 Å². The van der Waals surface area contributed by atoms with Crippen LogP contribution < -0.4 is 11.1 Å². The number of hydrogen-bond acceptors (Lipinski definition) is 3. The zero-order valence-electron chi connectivity index (χ0n) is 12.0. The molecule has 1 amide bonds. The van der Waals surface area contributed by atoms with Gasteiger partial charge in [-0.25, -0.2) is 4.79 Å². The lowest BCUT2D eigenvalue weighted by Gasteiger charge is -2.24. The van der Waals surface area contributed by atoms with E-state index in [0.29, 0.717) is 12.5 Å². The van der Waals surface area contributed by atoms with E-state index in [-0.39, 0.29) is 12.1 Å². The Balaban J connectivity index is 2.27. The largest absolute Gasteiger partial charge is 0.444 e. The molecule has 3 N–H and O–H groups in total. The highest BCUT2D eigenvalue weighted by molar-refractivity contribution is 5.67. The summed E-state index contributed by atoms with van der Waals surface area (Å²) < 4.78 is 5.19. The number of carbonyl (C=O) groups is 1. The van der Waals surface area contributed by atoms with Gasteiger partial charge in [-0.15, -0.1) is 0 Å². The summed E-state index contributed by atoms with van der Waals surface area (Å²) in [5.74, 6) is 0.544. The molecule has 0 radical (unpaired) electrons. The van der Waals surface area contributed by atoms with E-state index in [4.69, 9.17) is 10.5 Å². The molecule has 0 spiro atoms. The van der Waals surface area contributed by atoms with Gasteiger partial charge in [0.25, 0.3) is 0 Å². The second-order valence-electron chi connectivity index (χ2n) is 6.30. The Kier molecular flexibility index (Phi) is 5.93. The summed E-state index contributed by atoms with van der Waals surface area (Å²) in [6, 6.07) is 0.0515. The predicted molar refractivity (Wildman–Crippen MR) is 73.4 cm³/mol. The lowest BCUT2D eigenvalue weighted by Crippen LogP contribution is -2.43. The maximum atomic E-state index is 11.5. The van der Waals surface area contributed by atoms with Crippen molar-refractivity contribution in [1.82, 2.24) is 5.32 Å². The van der Waals surface area contributed by atoms with Crippen molar-refractivity contribution in [2.75, 3.05) is 6.54 Å². The summed E-state index contributed by atoms with van der Waals surface area (Å²) in [6.07, 6.45) is 7.20. The summed E-state index contributed by atoms with van der Waals surface area (Å²) in [4.78, 5) is 11.5. The van der Waals surface area contributed by atoms with E-state index in [0.717, 1.165) is 0 Å². The highest BCUT2D eigenvalue weighted by Crippen LogP contribution is 2.24. The van der Waals surface area contributed by atoms with Gasteiger partial charge < -0.3 is 15.8 Å². The van der Waals surface area contributed by atoms with Crippen LogP contribution in [0.2, 0.25) is 0 Å². The van der Waals surface area contributed by atoms with Crippen LogP contribution in [0.5, 0.6) is 0 Å². The topological polar surface area (TPSA) is 64.3 Å². The minimum Gasteiger partial charge on any atom is -0.444 e. The van der Waals surface area contributed by atoms with Gasteiger partial charge >= 0.3 is 6.09 Å². The van der Waals surface area contributed by atoms with Crippen molar-refractivity contribution in [3.63, 3.8) is 0 Å². The van der Waals surface area contributed by atoms with Gasteiger partial charge in [0.05, 0.1) is 0 Å². The molecule has 1 fully saturated rings. The van der Waals surface area contributed by atoms with Crippen molar-refractivity contribution in [1.29, 1.82) is 0 Å². The fourth-order valence-corrected chi connectivity index (χ4v) is 2.42. The molecule has 1 saturated carbocycles. The van der Waals surface area contributed by atoms with E-state index in [1.165, 1.54) is 38.5 Å². The smallest absolute Gasteiger partial charge is 0.407 e. The molecule has 0 bridgehead atoms. The van der Waals surface area contributed by atoms with Gasteiger partial charge in [-0.05, 0) is 39.5 Å². The molecule has 18 heavy (non-hydrogen) atoms. The van der Waals surface area contributed by atoms with E-state index in [9.17, 15) is 4.79 Å². The van der Waals surface area contributed by atoms with Crippen LogP contribution in [0.3, 0.4) is 0 Å². The lowest BCUT2D eigenvalue weighted by atomic mass is 9.92. The van der Waals surface area contributed by atoms with Gasteiger partial charge in [-0.3, -0.25) is 0 Å². The Labute approximate surface area is 111 Å². The Hall–Kier alpha value is -0.770. The van der Waals surface area contributed by atoms with E-state index in [1.54, 1.807) is 0 Å². The van der Waals surface area contributed by atoms with Gasteiger partial charge in [0.1, 0.15) is 5.60 Å². The number of alkyl carbamates (subject to hydrolysis) is 1. The van der Waals surface area contributed by atoms with Crippen molar-refractivity contribution < 1.29 is 9.53 Å². The Morgan fingerprint density at radius 3 is 2.33 bits per heavy atom. The maximum absolute atomic E-state index is 11.5. The fraction of sp³-hybridized carbons (Fsp3) is 0.929. The van der Waals surface area contributed by atoms with Crippen molar-refractivity contribution in [2.45, 2.75) is 70.9 Å². The van der Waals surface area contributed by atoms with E-state index in [2.05, 4.69) is 5.32 Å². The quantitative estimate of drug-likeness (QED) is 0.763. The molecule has 4 heteroatoms. The molecular weight excluding hydrogens is 228 g/mol. The SMILES string of the molecule is CC(C)(C)OC(=O)NCC(N)C1CCCCCC1. The Bertz CT molecular complexity index is 253. The molecular formula is C14H28N2O2. The van der Waals surface area contributed by atoms with Crippen molar-refractivity contribution >= 4 is 6.09 Å². The van der Waals surface area contributed by atoms with Crippen LogP contribution >= 0.6 is 0 Å². The van der Waals surface area contributed by atoms with Crippen molar-refractivity contribution in [2.24, 2.45) is 11.7 Å². The summed E-state index contributed by atoms with van der Waals surface area (Å²) >= 11 is 0. The molecule has 106 valence electrons. The Morgan fingerprint density at radius 1 is 1.28 bits per heavy atom. The van der Waals surface area contributed by atoms with Gasteiger partial charge in [-0.1, -0.05) is 25.7 Å². The first-order chi connectivity index (χ1) is 8.38. The monoisotopic (exact) mass is 256 g/mol. The molecule has 0 aromatic carbocycles. The molecule has 1 unspecified atom stereocenters. The summed E-state index contributed by atoms with van der Waals surface area (Å²) in [5, 5.41) is 2.77. The van der Waals surface area contributed by atoms with E-state index in [1.807, 2.05) is 20.8 Å². The molecule has 1 aliphatic carbocycles. The first-order valence-corrected chi connectivity index (χ1v) is 7.11. The molecule has 1 atom stereocenters. The zero-order valence-corrected chi connectivity index (χ0v) is 12.0. The average Bonchev–Trinajstić information content (AvgIpc) is 2.52. The van der Waals surface area contributed by atoms with Gasteiger partial charge in [0.2, 0.25) is 0 Å². The zero-order chi connectivity index (χ0) is 13.6. The number of ether oxygens (including phenoxy) is 1. The second-order valence-corrected chi connectivity index (χ2v) is 6.30. The second kappa shape index (κ2) is 6.98. The van der Waals surface area contributed by atoms with Gasteiger partial charge in [-0.2, -0.15) is 0 Å². The number of amides is 1. The number of rotatable bonds is 3. The third-order valence-electron chi connectivity index (χ3n) is 3.39. The van der Waals surface area contributed by atoms with Crippen molar-refractivity contribution in [3.05, 3.63) is 0 Å². The van der Waals surface area contributed by atoms with Crippen LogP contribution in [0.15, 0.2) is 0 Å². The molecule has 0 saturated heterocycles. The number of nitrogens with two attached hydrogens (primary N) is 1. The highest BCUT2D eigenvalue weighted by Gasteiger charge is 2.21. The predicted octanol–water partition coefficient (Wildman–Crippen LogP) is 2.81. The summed E-state index contributed by atoms with van der Waals surface area (Å²) in [7, 11) is 0. The van der Waals surface area contributed by atoms with Crippen LogP contribution in [0.4, 0.5) is 4.79 Å². The molecule has 1 rings (SSSR count). The van der Waals surface area contributed by atoms with E-state index < -0.39 is 5.60 Å². The summed E-state index contributed by atoms with van der Waals surface area (Å²) in [5.41, 5.74) is 5.71. The van der Waals surface area contributed by atoms with Crippen LogP contribution in [0.25, 0.3) is 0 Å². The first kappa shape index (κ1) is 15.3. The lowest BCUT2D eigenvalue weighted by molar-refractivity contribution is 0.0520. The summed E-state index contributed by atoms with van der Waals surface area (Å²) in [6.45, 7) is 6.09. The molecule has 1 aliphatic rings. The van der Waals surface area contributed by atoms with Crippen LogP contribution in [-0.4, -0.2) is 24.3 Å². The number of nitrogens with one attached hydrogen (secondary N) is 1. The van der Waals surface area contributed by atoms with E-state index >= 15 is 0 Å². The van der Waals surface area contributed by atoms with Crippen LogP contribution in [-0.2, 0) is 4.74 Å². The van der Waals surface area contributed by atoms with Gasteiger partial charge in [0, 0.05) is 12.6 Å². The first-order valence-electron chi connectivity index (χ1n) is 7.11. The molecule has 0 aliphatic heterocycles. The highest BCUT2D eigenvalue weighted by atomic mass is 16.6. The minimum absolute atomic E-state index is 0.0515. The third kappa shape index (κ3) is 6.24. The van der Waals surface area contributed by atoms with Crippen molar-refractivity contribution in [3.8, 4) is 0 Å². The number of hydrogen-bond donors (Lipinski definition) is 2. The van der Waals surface area contributed by atoms with Crippen LogP contribution in [0, 0.1) is 5.92 Å². The molecule has 0 aromatic rings. The fourth-order valence-electron chi connectivity index (χ4n) is 2.42. The average molecular weight is 256 g/mol. The molecule has 0 heterocycles. The maximum Gasteiger partial charge on any atom is 0.407 e. The standard InChI is InChI=1S/C14H28N2O2/c1-14(2,3)18-13(17)16-10-12(15)11-8-6-4-5-7-9-11/h11-12H,4-10,15H2,1-3H3,(H,16,17). The number of carbonyl (C=O) groups excluding carboxylic acids is 1. The third-order valence-corrected chi connectivity index (χ3v) is 3.39. The molecule has 0 aromatic heterocycles. The molecule has 4 nitrogen and oxygen atoms in total.